The van der Waals surface area contributed by atoms with Crippen molar-refractivity contribution in [2.24, 2.45) is 0 Å². The van der Waals surface area contributed by atoms with Crippen LogP contribution in [0.25, 0.3) is 0 Å². The summed E-state index contributed by atoms with van der Waals surface area (Å²) in [5, 5.41) is 8.85. The molecule has 0 aliphatic carbocycles. The van der Waals surface area contributed by atoms with E-state index in [1.165, 1.54) is 6.92 Å². The van der Waals surface area contributed by atoms with Crippen molar-refractivity contribution in [3.8, 4) is 0 Å². The molecule has 18 heavy (non-hydrogen) atoms. The molecular weight excluding hydrogens is 272 g/mol. The number of hydrogen-bond acceptors (Lipinski definition) is 3. The molecule has 0 aliphatic rings. The van der Waals surface area contributed by atoms with Gasteiger partial charge in [-0.15, -0.1) is 0 Å². The average Bonchev–Trinajstić information content (AvgIpc) is 2.29. The van der Waals surface area contributed by atoms with Crippen molar-refractivity contribution in [2.75, 3.05) is 0 Å². The largest absolute Gasteiger partial charge is 0.480 e. The van der Waals surface area contributed by atoms with Gasteiger partial charge in [-0.05, 0) is 37.0 Å². The zero-order valence-electron chi connectivity index (χ0n) is 10.1. The monoisotopic (exact) mass is 286 g/mol. The highest BCUT2D eigenvalue weighted by atomic mass is 35.5. The number of carbonyl (C=O) groups excluding carboxylic acids is 1. The van der Waals surface area contributed by atoms with Crippen molar-refractivity contribution >= 4 is 34.4 Å². The molecular formula is C13H15ClO3S. The van der Waals surface area contributed by atoms with E-state index in [2.05, 4.69) is 0 Å². The van der Waals surface area contributed by atoms with Crippen molar-refractivity contribution in [2.45, 2.75) is 31.4 Å². The van der Waals surface area contributed by atoms with E-state index >= 15 is 0 Å². The summed E-state index contributed by atoms with van der Waals surface area (Å²) >= 11 is 6.66. The predicted molar refractivity (Wildman–Crippen MR) is 74.1 cm³/mol. The van der Waals surface area contributed by atoms with Gasteiger partial charge in [-0.1, -0.05) is 35.5 Å². The smallest absolute Gasteiger partial charge is 0.317 e. The summed E-state index contributed by atoms with van der Waals surface area (Å²) in [7, 11) is 0. The van der Waals surface area contributed by atoms with E-state index in [-0.39, 0.29) is 5.12 Å². The fourth-order valence-corrected chi connectivity index (χ4v) is 2.49. The van der Waals surface area contributed by atoms with Gasteiger partial charge in [-0.25, -0.2) is 0 Å². The van der Waals surface area contributed by atoms with Gasteiger partial charge in [0.2, 0.25) is 0 Å². The number of aliphatic carboxylic acids is 1. The lowest BCUT2D eigenvalue weighted by Gasteiger charge is -2.09. The highest BCUT2D eigenvalue weighted by Crippen LogP contribution is 2.19. The van der Waals surface area contributed by atoms with E-state index in [1.54, 1.807) is 0 Å². The predicted octanol–water partition coefficient (Wildman–Crippen LogP) is 3.40. The normalized spacial score (nSPS) is 12.1. The second-order valence-electron chi connectivity index (χ2n) is 3.96. The Morgan fingerprint density at radius 1 is 1.33 bits per heavy atom. The van der Waals surface area contributed by atoms with Crippen LogP contribution in [0.2, 0.25) is 5.02 Å². The molecule has 3 nitrogen and oxygen atoms in total. The minimum atomic E-state index is -0.925. The quantitative estimate of drug-likeness (QED) is 0.871. The van der Waals surface area contributed by atoms with Crippen LogP contribution in [0.3, 0.4) is 0 Å². The molecule has 1 unspecified atom stereocenters. The van der Waals surface area contributed by atoms with Crippen LogP contribution in [-0.4, -0.2) is 21.4 Å². The maximum absolute atomic E-state index is 10.9. The lowest BCUT2D eigenvalue weighted by molar-refractivity contribution is -0.136. The van der Waals surface area contributed by atoms with Crippen molar-refractivity contribution in [3.63, 3.8) is 0 Å². The van der Waals surface area contributed by atoms with Crippen LogP contribution in [-0.2, 0) is 16.0 Å². The minimum absolute atomic E-state index is 0.158. The van der Waals surface area contributed by atoms with Gasteiger partial charge in [0.05, 0.1) is 0 Å². The van der Waals surface area contributed by atoms with E-state index in [0.717, 1.165) is 30.2 Å². The molecule has 0 saturated carbocycles. The molecule has 0 aliphatic heterocycles. The van der Waals surface area contributed by atoms with E-state index in [0.29, 0.717) is 11.4 Å². The Labute approximate surface area is 116 Å². The molecule has 5 heteroatoms. The molecule has 0 heterocycles. The Morgan fingerprint density at radius 3 is 2.44 bits per heavy atom. The fourth-order valence-electron chi connectivity index (χ4n) is 1.58. The van der Waals surface area contributed by atoms with Gasteiger partial charge in [-0.2, -0.15) is 0 Å². The molecule has 0 spiro atoms. The Hall–Kier alpha value is -1.00. The summed E-state index contributed by atoms with van der Waals surface area (Å²) in [4.78, 5) is 21.8. The number of halogens is 1. The number of carboxylic acid groups (broad SMARTS) is 1. The van der Waals surface area contributed by atoms with Crippen LogP contribution in [0.15, 0.2) is 24.3 Å². The second-order valence-corrected chi connectivity index (χ2v) is 5.77. The number of carbonyl (C=O) groups is 2. The lowest BCUT2D eigenvalue weighted by atomic mass is 10.1. The zero-order chi connectivity index (χ0) is 13.5. The van der Waals surface area contributed by atoms with Gasteiger partial charge in [0.1, 0.15) is 5.25 Å². The topological polar surface area (TPSA) is 54.4 Å². The Bertz CT molecular complexity index is 417. The fraction of sp³-hybridized carbons (Fsp3) is 0.385. The van der Waals surface area contributed by atoms with Crippen LogP contribution in [0.1, 0.15) is 25.3 Å². The number of thioether (sulfide) groups is 1. The van der Waals surface area contributed by atoms with Gasteiger partial charge in [0, 0.05) is 11.9 Å². The van der Waals surface area contributed by atoms with Crippen molar-refractivity contribution in [1.29, 1.82) is 0 Å². The Balaban J connectivity index is 2.41. The third-order valence-corrected chi connectivity index (χ3v) is 3.73. The lowest BCUT2D eigenvalue weighted by Crippen LogP contribution is -2.18. The first-order valence-electron chi connectivity index (χ1n) is 5.63. The highest BCUT2D eigenvalue weighted by Gasteiger charge is 2.19. The summed E-state index contributed by atoms with van der Waals surface area (Å²) in [5.74, 6) is -0.925. The Morgan fingerprint density at radius 2 is 1.94 bits per heavy atom. The third kappa shape index (κ3) is 5.56. The van der Waals surface area contributed by atoms with Crippen molar-refractivity contribution in [3.05, 3.63) is 34.9 Å². The van der Waals surface area contributed by atoms with E-state index in [1.807, 2.05) is 24.3 Å². The van der Waals surface area contributed by atoms with Gasteiger partial charge in [0.25, 0.3) is 0 Å². The number of benzene rings is 1. The van der Waals surface area contributed by atoms with Crippen LogP contribution in [0.4, 0.5) is 0 Å². The molecule has 1 rings (SSSR count). The molecule has 98 valence electrons. The molecule has 0 aromatic heterocycles. The highest BCUT2D eigenvalue weighted by molar-refractivity contribution is 8.14. The van der Waals surface area contributed by atoms with Crippen LogP contribution < -0.4 is 0 Å². The van der Waals surface area contributed by atoms with Gasteiger partial charge in [0.15, 0.2) is 5.12 Å². The van der Waals surface area contributed by atoms with Crippen LogP contribution in [0.5, 0.6) is 0 Å². The summed E-state index contributed by atoms with van der Waals surface area (Å²) in [6, 6.07) is 7.48. The van der Waals surface area contributed by atoms with Crippen molar-refractivity contribution in [1.82, 2.24) is 0 Å². The molecule has 1 atom stereocenters. The standard InChI is InChI=1S/C13H15ClO3S/c1-9(15)18-12(13(16)17)4-2-3-10-5-7-11(14)8-6-10/h5-8,12H,2-4H2,1H3,(H,16,17). The molecule has 1 aromatic rings. The summed E-state index contributed by atoms with van der Waals surface area (Å²) in [6.07, 6.45) is 2.01. The SMILES string of the molecule is CC(=O)SC(CCCc1ccc(Cl)cc1)C(=O)O. The summed E-state index contributed by atoms with van der Waals surface area (Å²) in [5.41, 5.74) is 1.12. The van der Waals surface area contributed by atoms with E-state index in [4.69, 9.17) is 16.7 Å². The maximum Gasteiger partial charge on any atom is 0.317 e. The first kappa shape index (κ1) is 15.1. The number of aryl methyl sites for hydroxylation is 1. The zero-order valence-corrected chi connectivity index (χ0v) is 11.6. The number of hydrogen-bond donors (Lipinski definition) is 1. The Kier molecular flexibility index (Phi) is 6.22. The molecule has 0 amide bonds. The van der Waals surface area contributed by atoms with Crippen LogP contribution in [0, 0.1) is 0 Å². The van der Waals surface area contributed by atoms with Crippen molar-refractivity contribution < 1.29 is 14.7 Å². The molecule has 0 bridgehead atoms. The van der Waals surface area contributed by atoms with E-state index < -0.39 is 11.2 Å². The first-order chi connectivity index (χ1) is 8.49. The summed E-state index contributed by atoms with van der Waals surface area (Å²) < 4.78 is 0. The maximum atomic E-state index is 10.9. The molecule has 0 radical (unpaired) electrons. The van der Waals surface area contributed by atoms with E-state index in [9.17, 15) is 9.59 Å². The summed E-state index contributed by atoms with van der Waals surface area (Å²) in [6.45, 7) is 1.39. The number of rotatable bonds is 6. The third-order valence-electron chi connectivity index (χ3n) is 2.43. The average molecular weight is 287 g/mol. The molecule has 1 aromatic carbocycles. The van der Waals surface area contributed by atoms with Crippen LogP contribution >= 0.6 is 23.4 Å². The first-order valence-corrected chi connectivity index (χ1v) is 6.89. The van der Waals surface area contributed by atoms with Gasteiger partial charge >= 0.3 is 5.97 Å². The molecule has 0 fully saturated rings. The minimum Gasteiger partial charge on any atom is -0.480 e. The van der Waals surface area contributed by atoms with Gasteiger partial charge in [-0.3, -0.25) is 9.59 Å². The number of carboxylic acids is 1. The molecule has 1 N–H and O–H groups in total. The van der Waals surface area contributed by atoms with Gasteiger partial charge < -0.3 is 5.11 Å². The molecule has 0 saturated heterocycles. The second kappa shape index (κ2) is 7.44.